The monoisotopic (exact) mass is 415 g/mol. The van der Waals surface area contributed by atoms with Gasteiger partial charge in [-0.15, -0.1) is 5.10 Å². The van der Waals surface area contributed by atoms with E-state index in [-0.39, 0.29) is 12.5 Å². The Morgan fingerprint density at radius 3 is 2.61 bits per heavy atom. The third-order valence-electron chi connectivity index (χ3n) is 4.50. The second-order valence-corrected chi connectivity index (χ2v) is 6.57. The number of benzene rings is 2. The predicted molar refractivity (Wildman–Crippen MR) is 116 cm³/mol. The van der Waals surface area contributed by atoms with Crippen LogP contribution < -0.4 is 14.8 Å². The third-order valence-corrected chi connectivity index (χ3v) is 4.50. The van der Waals surface area contributed by atoms with Gasteiger partial charge in [-0.25, -0.2) is 0 Å². The van der Waals surface area contributed by atoms with Crippen molar-refractivity contribution < 1.29 is 14.3 Å². The first kappa shape index (κ1) is 20.1. The van der Waals surface area contributed by atoms with Crippen molar-refractivity contribution in [2.75, 3.05) is 19.0 Å². The highest BCUT2D eigenvalue weighted by atomic mass is 16.5. The van der Waals surface area contributed by atoms with Crippen LogP contribution in [0.15, 0.2) is 79.1 Å². The lowest BCUT2D eigenvalue weighted by atomic mass is 10.2. The average molecular weight is 415 g/mol. The molecule has 2 heterocycles. The summed E-state index contributed by atoms with van der Waals surface area (Å²) in [6, 6.07) is 20.4. The summed E-state index contributed by atoms with van der Waals surface area (Å²) in [5.41, 5.74) is 1.63. The standard InChI is InChI=1S/C23H21N5O3/c1-30-20-12-6-5-8-17(20)15-25-23-26-22(18-9-7-13-24-14-18)27-28(23)21(29)16-31-19-10-3-2-4-11-19/h2-14H,15-16H2,1H3,(H,25,26,27). The number of nitrogens with zero attached hydrogens (tertiary/aromatic N) is 4. The van der Waals surface area contributed by atoms with Crippen molar-refractivity contribution in [2.45, 2.75) is 6.54 Å². The van der Waals surface area contributed by atoms with E-state index >= 15 is 0 Å². The summed E-state index contributed by atoms with van der Waals surface area (Å²) in [5.74, 6) is 1.70. The largest absolute Gasteiger partial charge is 0.496 e. The molecular weight excluding hydrogens is 394 g/mol. The molecule has 31 heavy (non-hydrogen) atoms. The molecule has 0 aliphatic rings. The van der Waals surface area contributed by atoms with Gasteiger partial charge in [-0.2, -0.15) is 9.67 Å². The van der Waals surface area contributed by atoms with E-state index in [4.69, 9.17) is 9.47 Å². The number of hydrogen-bond acceptors (Lipinski definition) is 7. The van der Waals surface area contributed by atoms with Crippen LogP contribution in [-0.2, 0) is 6.54 Å². The Kier molecular flexibility index (Phi) is 6.18. The van der Waals surface area contributed by atoms with E-state index in [9.17, 15) is 4.79 Å². The van der Waals surface area contributed by atoms with Gasteiger partial charge < -0.3 is 14.8 Å². The summed E-state index contributed by atoms with van der Waals surface area (Å²) in [6.07, 6.45) is 3.31. The number of pyridine rings is 1. The van der Waals surface area contributed by atoms with Crippen molar-refractivity contribution in [1.29, 1.82) is 0 Å². The molecule has 4 rings (SSSR count). The highest BCUT2D eigenvalue weighted by Gasteiger charge is 2.18. The number of carbonyl (C=O) groups excluding carboxylic acids is 1. The smallest absolute Gasteiger partial charge is 0.287 e. The predicted octanol–water partition coefficient (Wildman–Crippen LogP) is 3.68. The lowest BCUT2D eigenvalue weighted by Crippen LogP contribution is -2.22. The Bertz CT molecular complexity index is 1150. The van der Waals surface area contributed by atoms with Crippen LogP contribution in [0.5, 0.6) is 11.5 Å². The fraction of sp³-hybridized carbons (Fsp3) is 0.130. The van der Waals surface area contributed by atoms with Gasteiger partial charge in [-0.1, -0.05) is 36.4 Å². The highest BCUT2D eigenvalue weighted by Crippen LogP contribution is 2.21. The molecule has 0 bridgehead atoms. The molecule has 0 unspecified atom stereocenters. The number of hydrogen-bond donors (Lipinski definition) is 1. The van der Waals surface area contributed by atoms with Crippen LogP contribution in [0, 0.1) is 0 Å². The van der Waals surface area contributed by atoms with Crippen LogP contribution in [-0.4, -0.2) is 39.4 Å². The van der Waals surface area contributed by atoms with Gasteiger partial charge in [0.05, 0.1) is 7.11 Å². The van der Waals surface area contributed by atoms with Crippen LogP contribution in [0.4, 0.5) is 5.95 Å². The van der Waals surface area contributed by atoms with Gasteiger partial charge in [0.25, 0.3) is 5.91 Å². The maximum absolute atomic E-state index is 12.9. The van der Waals surface area contributed by atoms with Gasteiger partial charge in [0, 0.05) is 30.1 Å². The van der Waals surface area contributed by atoms with E-state index in [1.807, 2.05) is 48.5 Å². The normalized spacial score (nSPS) is 10.5. The molecule has 4 aromatic rings. The molecule has 0 aliphatic heterocycles. The van der Waals surface area contributed by atoms with E-state index in [1.165, 1.54) is 4.68 Å². The van der Waals surface area contributed by atoms with E-state index in [0.29, 0.717) is 29.6 Å². The number of ether oxygens (including phenoxy) is 2. The number of aromatic nitrogens is 4. The summed E-state index contributed by atoms with van der Waals surface area (Å²) < 4.78 is 12.2. The molecule has 8 nitrogen and oxygen atoms in total. The SMILES string of the molecule is COc1ccccc1CNc1nc(-c2cccnc2)nn1C(=O)COc1ccccc1. The molecule has 1 N–H and O–H groups in total. The minimum absolute atomic E-state index is 0.177. The molecule has 0 saturated heterocycles. The van der Waals surface area contributed by atoms with Gasteiger partial charge in [-0.3, -0.25) is 9.78 Å². The van der Waals surface area contributed by atoms with E-state index in [1.54, 1.807) is 37.7 Å². The van der Waals surface area contributed by atoms with Gasteiger partial charge in [0.15, 0.2) is 12.4 Å². The van der Waals surface area contributed by atoms with Crippen molar-refractivity contribution in [2.24, 2.45) is 0 Å². The second kappa shape index (κ2) is 9.53. The molecule has 0 atom stereocenters. The van der Waals surface area contributed by atoms with Gasteiger partial charge in [0.1, 0.15) is 11.5 Å². The van der Waals surface area contributed by atoms with Crippen molar-refractivity contribution in [3.05, 3.63) is 84.7 Å². The van der Waals surface area contributed by atoms with Crippen LogP contribution in [0.1, 0.15) is 10.4 Å². The lowest BCUT2D eigenvalue weighted by Gasteiger charge is -2.10. The Balaban J connectivity index is 1.57. The van der Waals surface area contributed by atoms with Gasteiger partial charge in [0.2, 0.25) is 5.95 Å². The molecule has 0 aliphatic carbocycles. The average Bonchev–Trinajstić information content (AvgIpc) is 3.27. The first-order valence-electron chi connectivity index (χ1n) is 9.69. The highest BCUT2D eigenvalue weighted by molar-refractivity contribution is 5.82. The zero-order valence-corrected chi connectivity index (χ0v) is 16.9. The number of anilines is 1. The Labute approximate surface area is 179 Å². The number of methoxy groups -OCH3 is 1. The quantitative estimate of drug-likeness (QED) is 0.469. The lowest BCUT2D eigenvalue weighted by molar-refractivity contribution is 0.0824. The van der Waals surface area contributed by atoms with E-state index < -0.39 is 0 Å². The first-order valence-corrected chi connectivity index (χ1v) is 9.69. The number of rotatable bonds is 8. The Morgan fingerprint density at radius 2 is 1.84 bits per heavy atom. The Morgan fingerprint density at radius 1 is 1.03 bits per heavy atom. The molecule has 0 spiro atoms. The van der Waals surface area contributed by atoms with Gasteiger partial charge in [-0.05, 0) is 30.3 Å². The summed E-state index contributed by atoms with van der Waals surface area (Å²) in [7, 11) is 1.62. The van der Waals surface area contributed by atoms with Crippen LogP contribution >= 0.6 is 0 Å². The minimum Gasteiger partial charge on any atom is -0.496 e. The van der Waals surface area contributed by atoms with Crippen molar-refractivity contribution in [1.82, 2.24) is 19.7 Å². The van der Waals surface area contributed by atoms with Crippen LogP contribution in [0.3, 0.4) is 0 Å². The fourth-order valence-corrected chi connectivity index (χ4v) is 2.96. The molecule has 0 saturated carbocycles. The molecule has 0 fully saturated rings. The van der Waals surface area contributed by atoms with Gasteiger partial charge >= 0.3 is 0 Å². The first-order chi connectivity index (χ1) is 15.2. The third kappa shape index (κ3) is 4.87. The summed E-state index contributed by atoms with van der Waals surface area (Å²) >= 11 is 0. The summed E-state index contributed by atoms with van der Waals surface area (Å²) in [4.78, 5) is 21.5. The zero-order valence-electron chi connectivity index (χ0n) is 16.9. The minimum atomic E-state index is -0.353. The van der Waals surface area contributed by atoms with Crippen molar-refractivity contribution in [3.8, 4) is 22.9 Å². The fourth-order valence-electron chi connectivity index (χ4n) is 2.96. The molecule has 8 heteroatoms. The molecular formula is C23H21N5O3. The van der Waals surface area contributed by atoms with Crippen molar-refractivity contribution in [3.63, 3.8) is 0 Å². The maximum atomic E-state index is 12.9. The molecule has 156 valence electrons. The van der Waals surface area contributed by atoms with E-state index in [0.717, 1.165) is 11.3 Å². The van der Waals surface area contributed by atoms with E-state index in [2.05, 4.69) is 20.4 Å². The maximum Gasteiger partial charge on any atom is 0.287 e. The topological polar surface area (TPSA) is 91.2 Å². The zero-order chi connectivity index (χ0) is 21.5. The number of nitrogens with one attached hydrogen (secondary N) is 1. The summed E-state index contributed by atoms with van der Waals surface area (Å²) in [5, 5.41) is 7.58. The number of para-hydroxylation sites is 2. The summed E-state index contributed by atoms with van der Waals surface area (Å²) in [6.45, 7) is 0.227. The molecule has 0 amide bonds. The number of carbonyl (C=O) groups is 1. The van der Waals surface area contributed by atoms with Crippen LogP contribution in [0.25, 0.3) is 11.4 Å². The van der Waals surface area contributed by atoms with Crippen LogP contribution in [0.2, 0.25) is 0 Å². The molecule has 2 aromatic heterocycles. The Hall–Kier alpha value is -4.20. The van der Waals surface area contributed by atoms with Crippen molar-refractivity contribution >= 4 is 11.9 Å². The second-order valence-electron chi connectivity index (χ2n) is 6.57. The molecule has 2 aromatic carbocycles. The molecule has 0 radical (unpaired) electrons.